The molecule has 0 N–H and O–H groups in total. The molecule has 26 heavy (non-hydrogen) atoms. The highest BCUT2D eigenvalue weighted by atomic mass is 31.2. The molecule has 0 aliphatic heterocycles. The summed E-state index contributed by atoms with van der Waals surface area (Å²) in [6.45, 7) is 6.16. The minimum atomic E-state index is -4.16. The van der Waals surface area contributed by atoms with Crippen molar-refractivity contribution in [3.63, 3.8) is 0 Å². The molecule has 9 nitrogen and oxygen atoms in total. The predicted octanol–water partition coefficient (Wildman–Crippen LogP) is 2.90. The third kappa shape index (κ3) is 5.03. The second kappa shape index (κ2) is 10.3. The van der Waals surface area contributed by atoms with Crippen LogP contribution in [0.15, 0.2) is 16.9 Å². The molecule has 1 aromatic heterocycles. The molecule has 0 spiro atoms. The van der Waals surface area contributed by atoms with Gasteiger partial charge in [0.2, 0.25) is 0 Å². The molecule has 1 aromatic rings. The van der Waals surface area contributed by atoms with Crippen molar-refractivity contribution in [1.29, 1.82) is 0 Å². The lowest BCUT2D eigenvalue weighted by atomic mass is 10.1. The van der Waals surface area contributed by atoms with Gasteiger partial charge in [-0.15, -0.1) is 0 Å². The predicted molar refractivity (Wildman–Crippen MR) is 89.9 cm³/mol. The van der Waals surface area contributed by atoms with Crippen LogP contribution in [-0.4, -0.2) is 44.1 Å². The van der Waals surface area contributed by atoms with Gasteiger partial charge in [0.25, 0.3) is 5.78 Å². The largest absolute Gasteiger partial charge is 0.471 e. The summed E-state index contributed by atoms with van der Waals surface area (Å²) in [5.74, 6) is -3.17. The Bertz CT molecular complexity index is 669. The number of rotatable bonds is 11. The molecule has 0 aromatic carbocycles. The zero-order valence-electron chi connectivity index (χ0n) is 15.2. The molecule has 0 amide bonds. The van der Waals surface area contributed by atoms with E-state index in [2.05, 4.69) is 0 Å². The number of hydrogen-bond donors (Lipinski definition) is 0. The molecule has 0 aliphatic rings. The first-order chi connectivity index (χ1) is 12.4. The Morgan fingerprint density at radius 1 is 0.962 bits per heavy atom. The van der Waals surface area contributed by atoms with E-state index in [0.29, 0.717) is 0 Å². The molecule has 0 saturated carbocycles. The van der Waals surface area contributed by atoms with Crippen LogP contribution in [0.5, 0.6) is 0 Å². The molecule has 146 valence electrons. The molecule has 1 rings (SSSR count). The van der Waals surface area contributed by atoms with Gasteiger partial charge in [-0.05, 0) is 27.7 Å². The lowest BCUT2D eigenvalue weighted by molar-refractivity contribution is -0.153. The van der Waals surface area contributed by atoms with Crippen LogP contribution in [0.4, 0.5) is 0 Å². The summed E-state index contributed by atoms with van der Waals surface area (Å²) in [6, 6.07) is 0. The summed E-state index contributed by atoms with van der Waals surface area (Å²) >= 11 is 0. The highest BCUT2D eigenvalue weighted by molar-refractivity contribution is 7.55. The molecule has 0 saturated heterocycles. The Morgan fingerprint density at radius 2 is 1.54 bits per heavy atom. The van der Waals surface area contributed by atoms with Gasteiger partial charge in [-0.3, -0.25) is 9.36 Å². The van der Waals surface area contributed by atoms with Gasteiger partial charge >= 0.3 is 19.5 Å². The third-order valence-corrected chi connectivity index (χ3v) is 5.52. The van der Waals surface area contributed by atoms with Crippen molar-refractivity contribution in [3.05, 3.63) is 23.7 Å². The molecule has 0 aliphatic carbocycles. The lowest BCUT2D eigenvalue weighted by Crippen LogP contribution is -2.27. The minimum Gasteiger partial charge on any atom is -0.471 e. The van der Waals surface area contributed by atoms with Crippen molar-refractivity contribution in [3.8, 4) is 0 Å². The maximum atomic E-state index is 13.2. The highest BCUT2D eigenvalue weighted by Crippen LogP contribution is 2.62. The molecule has 0 fully saturated rings. The lowest BCUT2D eigenvalue weighted by Gasteiger charge is -2.24. The van der Waals surface area contributed by atoms with Crippen LogP contribution < -0.4 is 0 Å². The van der Waals surface area contributed by atoms with Crippen molar-refractivity contribution >= 4 is 25.3 Å². The zero-order chi connectivity index (χ0) is 19.7. The number of Topliss-reactive ketones (excluding diaryl/α,β-unsaturated/α-hetero) is 1. The van der Waals surface area contributed by atoms with E-state index >= 15 is 0 Å². The van der Waals surface area contributed by atoms with Crippen LogP contribution in [0.3, 0.4) is 0 Å². The van der Waals surface area contributed by atoms with E-state index in [4.69, 9.17) is 22.9 Å². The maximum Gasteiger partial charge on any atom is 0.375 e. The Kier molecular flexibility index (Phi) is 8.71. The van der Waals surface area contributed by atoms with Crippen LogP contribution in [0.2, 0.25) is 0 Å². The van der Waals surface area contributed by atoms with Crippen LogP contribution >= 0.6 is 7.60 Å². The van der Waals surface area contributed by atoms with Crippen LogP contribution in [-0.2, 0) is 32.7 Å². The quantitative estimate of drug-likeness (QED) is 0.319. The smallest absolute Gasteiger partial charge is 0.375 e. The third-order valence-electron chi connectivity index (χ3n) is 3.14. The van der Waals surface area contributed by atoms with Crippen molar-refractivity contribution in [2.75, 3.05) is 26.4 Å². The number of ketones is 1. The van der Waals surface area contributed by atoms with E-state index in [-0.39, 0.29) is 37.6 Å². The number of furan rings is 1. The first-order valence-electron chi connectivity index (χ1n) is 8.19. The van der Waals surface area contributed by atoms with E-state index in [0.717, 1.165) is 12.5 Å². The van der Waals surface area contributed by atoms with Crippen molar-refractivity contribution < 1.29 is 41.9 Å². The molecule has 10 heteroatoms. The summed E-state index contributed by atoms with van der Waals surface area (Å²) in [4.78, 5) is 36.8. The average molecular weight is 390 g/mol. The maximum absolute atomic E-state index is 13.2. The second-order valence-electron chi connectivity index (χ2n) is 4.82. The van der Waals surface area contributed by atoms with E-state index in [1.54, 1.807) is 20.8 Å². The minimum absolute atomic E-state index is 0.0452. The van der Waals surface area contributed by atoms with Gasteiger partial charge in [-0.25, -0.2) is 9.59 Å². The molecule has 0 bridgehead atoms. The average Bonchev–Trinajstić information content (AvgIpc) is 3.05. The molecule has 1 heterocycles. The first-order valence-corrected chi connectivity index (χ1v) is 9.80. The van der Waals surface area contributed by atoms with Crippen LogP contribution in [0.1, 0.15) is 49.3 Å². The summed E-state index contributed by atoms with van der Waals surface area (Å²) in [5, 5.41) is 0. The monoisotopic (exact) mass is 390 g/mol. The topological polar surface area (TPSA) is 118 Å². The molecule has 1 unspecified atom stereocenters. The van der Waals surface area contributed by atoms with E-state index in [1.807, 2.05) is 0 Å². The molecule has 1 atom stereocenters. The Morgan fingerprint density at radius 3 is 2.04 bits per heavy atom. The summed E-state index contributed by atoms with van der Waals surface area (Å²) in [7, 11) is -4.16. The standard InChI is InChI=1S/C16H23O9P/c1-5-22-15(18)12-10-21-9-11(12)14(13(17)16(19)23-6-2)26(20,24-7-3)25-8-4/h9-10,14H,5-8H2,1-4H3. The normalized spacial score (nSPS) is 12.5. The van der Waals surface area contributed by atoms with Crippen LogP contribution in [0, 0.1) is 0 Å². The number of esters is 2. The fraction of sp³-hybridized carbons (Fsp3) is 0.562. The Balaban J connectivity index is 3.49. The van der Waals surface area contributed by atoms with Gasteiger partial charge < -0.3 is 22.9 Å². The van der Waals surface area contributed by atoms with Gasteiger partial charge in [0.05, 0.1) is 32.7 Å². The Hall–Kier alpha value is -1.96. The number of ether oxygens (including phenoxy) is 2. The van der Waals surface area contributed by atoms with E-state index in [1.165, 1.54) is 6.92 Å². The van der Waals surface area contributed by atoms with E-state index < -0.39 is 31.0 Å². The van der Waals surface area contributed by atoms with E-state index in [9.17, 15) is 18.9 Å². The number of hydrogen-bond acceptors (Lipinski definition) is 9. The molecular weight excluding hydrogens is 367 g/mol. The first kappa shape index (κ1) is 22.1. The SMILES string of the molecule is CCOC(=O)C(=O)C(c1cocc1C(=O)OCC)P(=O)(OCC)OCC. The second-order valence-corrected chi connectivity index (χ2v) is 6.94. The van der Waals surface area contributed by atoms with Crippen molar-refractivity contribution in [1.82, 2.24) is 0 Å². The Labute approximate surface area is 151 Å². The fourth-order valence-corrected chi connectivity index (χ4v) is 4.23. The zero-order valence-corrected chi connectivity index (χ0v) is 16.1. The van der Waals surface area contributed by atoms with Crippen molar-refractivity contribution in [2.24, 2.45) is 0 Å². The molecule has 0 radical (unpaired) electrons. The molecular formula is C16H23O9P. The van der Waals surface area contributed by atoms with Gasteiger partial charge in [-0.2, -0.15) is 0 Å². The number of carbonyl (C=O) groups is 3. The highest BCUT2D eigenvalue weighted by Gasteiger charge is 2.48. The number of carbonyl (C=O) groups excluding carboxylic acids is 3. The fourth-order valence-electron chi connectivity index (χ4n) is 2.21. The van der Waals surface area contributed by atoms with Gasteiger partial charge in [0.15, 0.2) is 5.66 Å². The van der Waals surface area contributed by atoms with Crippen molar-refractivity contribution in [2.45, 2.75) is 33.4 Å². The van der Waals surface area contributed by atoms with Gasteiger partial charge in [-0.1, -0.05) is 0 Å². The summed E-state index contributed by atoms with van der Waals surface area (Å²) < 4.78 is 38.3. The van der Waals surface area contributed by atoms with Gasteiger partial charge in [0, 0.05) is 5.56 Å². The van der Waals surface area contributed by atoms with Gasteiger partial charge in [0.1, 0.15) is 11.8 Å². The summed E-state index contributed by atoms with van der Waals surface area (Å²) in [6.07, 6.45) is 2.08. The van der Waals surface area contributed by atoms with Crippen LogP contribution in [0.25, 0.3) is 0 Å². The summed E-state index contributed by atoms with van der Waals surface area (Å²) in [5.41, 5.74) is -1.97.